The second kappa shape index (κ2) is 7.20. The normalized spacial score (nSPS) is 16.7. The number of hydrogen-bond donors (Lipinski definition) is 0. The molecule has 0 aromatic rings. The van der Waals surface area contributed by atoms with Crippen molar-refractivity contribution in [1.29, 1.82) is 0 Å². The van der Waals surface area contributed by atoms with E-state index in [1.54, 1.807) is 19.9 Å². The van der Waals surface area contributed by atoms with E-state index in [0.717, 1.165) is 19.3 Å². The fraction of sp³-hybridized carbons (Fsp3) is 0.769. The van der Waals surface area contributed by atoms with Crippen LogP contribution < -0.4 is 0 Å². The minimum atomic E-state index is -1.14. The Morgan fingerprint density at radius 2 is 2.12 bits per heavy atom. The van der Waals surface area contributed by atoms with Crippen LogP contribution in [-0.2, 0) is 4.79 Å². The SMILES string of the molecule is CCCC/C=C/[C@@](C)([C@@H](C)CC(C)=O)[N+](=O)[O-]. The first-order valence-electron chi connectivity index (χ1n) is 6.16. The lowest BCUT2D eigenvalue weighted by atomic mass is 9.83. The van der Waals surface area contributed by atoms with Crippen LogP contribution in [0.1, 0.15) is 53.4 Å². The molecular formula is C13H23NO3. The van der Waals surface area contributed by atoms with E-state index in [1.807, 2.05) is 6.08 Å². The number of unbranched alkanes of at least 4 members (excludes halogenated alkanes) is 2. The lowest BCUT2D eigenvalue weighted by molar-refractivity contribution is -0.560. The molecule has 0 amide bonds. The number of Topliss-reactive ketones (excluding diaryl/α,β-unsaturated/α-hetero) is 1. The van der Waals surface area contributed by atoms with Gasteiger partial charge in [0.15, 0.2) is 0 Å². The third-order valence-corrected chi connectivity index (χ3v) is 3.16. The topological polar surface area (TPSA) is 60.2 Å². The van der Waals surface area contributed by atoms with Crippen molar-refractivity contribution in [3.63, 3.8) is 0 Å². The Kier molecular flexibility index (Phi) is 6.69. The first kappa shape index (κ1) is 15.8. The van der Waals surface area contributed by atoms with Crippen LogP contribution in [0.3, 0.4) is 0 Å². The monoisotopic (exact) mass is 241 g/mol. The van der Waals surface area contributed by atoms with E-state index in [4.69, 9.17) is 0 Å². The summed E-state index contributed by atoms with van der Waals surface area (Å²) < 4.78 is 0. The van der Waals surface area contributed by atoms with Gasteiger partial charge in [-0.15, -0.1) is 0 Å². The molecule has 0 saturated carbocycles. The van der Waals surface area contributed by atoms with Crippen LogP contribution in [0.2, 0.25) is 0 Å². The molecule has 0 aromatic carbocycles. The minimum Gasteiger partial charge on any atom is -0.300 e. The van der Waals surface area contributed by atoms with Crippen molar-refractivity contribution in [3.8, 4) is 0 Å². The molecule has 0 rings (SSSR count). The Bertz CT molecular complexity index is 299. The molecule has 4 heteroatoms. The molecule has 0 aliphatic heterocycles. The first-order valence-corrected chi connectivity index (χ1v) is 6.16. The average Bonchev–Trinajstić information content (AvgIpc) is 2.22. The van der Waals surface area contributed by atoms with Crippen molar-refractivity contribution in [1.82, 2.24) is 0 Å². The van der Waals surface area contributed by atoms with Gasteiger partial charge in [-0.2, -0.15) is 0 Å². The van der Waals surface area contributed by atoms with Crippen LogP contribution in [-0.4, -0.2) is 16.2 Å². The molecule has 0 aromatic heterocycles. The molecule has 0 heterocycles. The molecule has 98 valence electrons. The number of hydrogen-bond acceptors (Lipinski definition) is 3. The third kappa shape index (κ3) is 5.11. The van der Waals surface area contributed by atoms with Gasteiger partial charge in [-0.25, -0.2) is 0 Å². The maximum absolute atomic E-state index is 11.2. The molecule has 0 bridgehead atoms. The van der Waals surface area contributed by atoms with Crippen molar-refractivity contribution in [3.05, 3.63) is 22.3 Å². The first-order chi connectivity index (χ1) is 7.84. The van der Waals surface area contributed by atoms with E-state index in [9.17, 15) is 14.9 Å². The standard InChI is InChI=1S/C13H23NO3/c1-5-6-7-8-9-13(4,14(16)17)11(2)10-12(3)15/h8-9,11H,5-7,10H2,1-4H3/b9-8+/t11-,13-/m0/s1. The zero-order chi connectivity index (χ0) is 13.5. The predicted octanol–water partition coefficient (Wildman–Crippen LogP) is 3.38. The lowest BCUT2D eigenvalue weighted by Gasteiger charge is -2.23. The van der Waals surface area contributed by atoms with Crippen LogP contribution >= 0.6 is 0 Å². The van der Waals surface area contributed by atoms with Gasteiger partial charge in [0.25, 0.3) is 0 Å². The summed E-state index contributed by atoms with van der Waals surface area (Å²) in [6.07, 6.45) is 6.72. The Balaban J connectivity index is 4.72. The molecule has 0 spiro atoms. The summed E-state index contributed by atoms with van der Waals surface area (Å²) in [5, 5.41) is 11.2. The number of nitrogens with zero attached hydrogens (tertiary/aromatic N) is 1. The quantitative estimate of drug-likeness (QED) is 0.283. The van der Waals surface area contributed by atoms with Gasteiger partial charge in [-0.05, 0) is 19.4 Å². The van der Waals surface area contributed by atoms with Gasteiger partial charge in [0, 0.05) is 24.2 Å². The van der Waals surface area contributed by atoms with E-state index in [2.05, 4.69) is 6.92 Å². The Labute approximate surface area is 103 Å². The molecule has 4 nitrogen and oxygen atoms in total. The summed E-state index contributed by atoms with van der Waals surface area (Å²) >= 11 is 0. The number of rotatable bonds is 8. The van der Waals surface area contributed by atoms with Crippen LogP contribution in [0.4, 0.5) is 0 Å². The average molecular weight is 241 g/mol. The predicted molar refractivity (Wildman–Crippen MR) is 68.5 cm³/mol. The van der Waals surface area contributed by atoms with Crippen LogP contribution in [0.15, 0.2) is 12.2 Å². The number of carbonyl (C=O) groups is 1. The molecule has 0 radical (unpaired) electrons. The lowest BCUT2D eigenvalue weighted by Crippen LogP contribution is -2.40. The molecule has 0 aliphatic rings. The zero-order valence-corrected chi connectivity index (χ0v) is 11.2. The fourth-order valence-electron chi connectivity index (χ4n) is 1.69. The molecule has 2 atom stereocenters. The third-order valence-electron chi connectivity index (χ3n) is 3.16. The van der Waals surface area contributed by atoms with Gasteiger partial charge in [-0.1, -0.05) is 32.8 Å². The number of allylic oxidation sites excluding steroid dienone is 1. The minimum absolute atomic E-state index is 0.00691. The number of ketones is 1. The van der Waals surface area contributed by atoms with Gasteiger partial charge in [0.05, 0.1) is 0 Å². The van der Waals surface area contributed by atoms with Crippen molar-refractivity contribution < 1.29 is 9.72 Å². The maximum atomic E-state index is 11.2. The summed E-state index contributed by atoms with van der Waals surface area (Å²) in [5.74, 6) is -0.291. The van der Waals surface area contributed by atoms with E-state index in [0.29, 0.717) is 0 Å². The molecule has 17 heavy (non-hydrogen) atoms. The van der Waals surface area contributed by atoms with Crippen LogP contribution in [0.5, 0.6) is 0 Å². The molecule has 0 aliphatic carbocycles. The number of carbonyl (C=O) groups excluding carboxylic acids is 1. The van der Waals surface area contributed by atoms with Crippen molar-refractivity contribution in [2.75, 3.05) is 0 Å². The summed E-state index contributed by atoms with van der Waals surface area (Å²) in [5.41, 5.74) is -1.14. The fourth-order valence-corrected chi connectivity index (χ4v) is 1.69. The van der Waals surface area contributed by atoms with E-state index >= 15 is 0 Å². The van der Waals surface area contributed by atoms with Crippen molar-refractivity contribution in [2.24, 2.45) is 5.92 Å². The van der Waals surface area contributed by atoms with Gasteiger partial charge >= 0.3 is 0 Å². The van der Waals surface area contributed by atoms with Gasteiger partial charge in [-0.3, -0.25) is 10.1 Å². The van der Waals surface area contributed by atoms with Crippen molar-refractivity contribution >= 4 is 5.78 Å². The number of nitro groups is 1. The molecular weight excluding hydrogens is 218 g/mol. The van der Waals surface area contributed by atoms with E-state index in [-0.39, 0.29) is 23.0 Å². The highest BCUT2D eigenvalue weighted by molar-refractivity contribution is 5.75. The molecule has 0 N–H and O–H groups in total. The van der Waals surface area contributed by atoms with Gasteiger partial charge in [0.1, 0.15) is 5.78 Å². The summed E-state index contributed by atoms with van der Waals surface area (Å²) in [4.78, 5) is 21.9. The van der Waals surface area contributed by atoms with Crippen LogP contribution in [0, 0.1) is 16.0 Å². The Hall–Kier alpha value is -1.19. The molecule has 0 fully saturated rings. The molecule has 0 saturated heterocycles. The highest BCUT2D eigenvalue weighted by atomic mass is 16.6. The Morgan fingerprint density at radius 3 is 2.53 bits per heavy atom. The smallest absolute Gasteiger partial charge is 0.240 e. The summed E-state index contributed by atoms with van der Waals surface area (Å²) in [6.45, 7) is 6.90. The van der Waals surface area contributed by atoms with E-state index in [1.165, 1.54) is 6.92 Å². The Morgan fingerprint density at radius 1 is 1.53 bits per heavy atom. The van der Waals surface area contributed by atoms with Crippen LogP contribution in [0.25, 0.3) is 0 Å². The highest BCUT2D eigenvalue weighted by Gasteiger charge is 2.40. The molecule has 0 unspecified atom stereocenters. The zero-order valence-electron chi connectivity index (χ0n) is 11.2. The van der Waals surface area contributed by atoms with Crippen molar-refractivity contribution in [2.45, 2.75) is 58.9 Å². The van der Waals surface area contributed by atoms with Gasteiger partial charge in [0.2, 0.25) is 5.54 Å². The second-order valence-corrected chi connectivity index (χ2v) is 4.83. The van der Waals surface area contributed by atoms with E-state index < -0.39 is 5.54 Å². The maximum Gasteiger partial charge on any atom is 0.240 e. The summed E-state index contributed by atoms with van der Waals surface area (Å²) in [7, 11) is 0. The summed E-state index contributed by atoms with van der Waals surface area (Å²) in [6, 6.07) is 0. The second-order valence-electron chi connectivity index (χ2n) is 4.83. The van der Waals surface area contributed by atoms with Gasteiger partial charge < -0.3 is 4.79 Å². The highest BCUT2D eigenvalue weighted by Crippen LogP contribution is 2.26. The largest absolute Gasteiger partial charge is 0.300 e.